The molecule has 20 heavy (non-hydrogen) atoms. The fourth-order valence-electron chi connectivity index (χ4n) is 0.835. The highest BCUT2D eigenvalue weighted by Gasteiger charge is 2.48. The molecule has 0 spiro atoms. The third-order valence-electron chi connectivity index (χ3n) is 1.63. The Bertz CT molecular complexity index is 428. The van der Waals surface area contributed by atoms with Crippen molar-refractivity contribution < 1.29 is 38.9 Å². The first-order valence-corrected chi connectivity index (χ1v) is 7.71. The van der Waals surface area contributed by atoms with Crippen molar-refractivity contribution in [2.75, 3.05) is 5.88 Å². The zero-order chi connectivity index (χ0) is 16.0. The second kappa shape index (κ2) is 7.64. The number of halogens is 7. The molecule has 12 heteroatoms. The molecular weight excluding hydrogens is 358 g/mol. The van der Waals surface area contributed by atoms with Gasteiger partial charge in [-0.15, -0.1) is 11.6 Å². The first kappa shape index (κ1) is 19.7. The molecule has 0 fully saturated rings. The molecule has 120 valence electrons. The standard InChI is InChI=1S/C8H9ClF6O3S2/c9-4-2-1-3-6(5-19-7(10,11)12)18-20(16,17)8(13,14)15/h5H,1-4H2/b6-5+. The Balaban J connectivity index is 4.95. The first-order valence-electron chi connectivity index (χ1n) is 4.89. The molecule has 0 bridgehead atoms. The van der Waals surface area contributed by atoms with Crippen molar-refractivity contribution >= 4 is 33.5 Å². The largest absolute Gasteiger partial charge is 0.534 e. The van der Waals surface area contributed by atoms with E-state index < -0.39 is 45.1 Å². The highest BCUT2D eigenvalue weighted by atomic mass is 35.5. The second-order valence-electron chi connectivity index (χ2n) is 3.28. The Morgan fingerprint density at radius 1 is 1.15 bits per heavy atom. The maximum Gasteiger partial charge on any atom is 0.534 e. The Labute approximate surface area is 120 Å². The Hall–Kier alpha value is -0.290. The highest BCUT2D eigenvalue weighted by Crippen LogP contribution is 2.34. The minimum Gasteiger partial charge on any atom is -0.380 e. The molecule has 0 aliphatic carbocycles. The van der Waals surface area contributed by atoms with Crippen LogP contribution in [0.4, 0.5) is 26.3 Å². The summed E-state index contributed by atoms with van der Waals surface area (Å²) >= 11 is 4.50. The third kappa shape index (κ3) is 8.10. The van der Waals surface area contributed by atoms with E-state index in [9.17, 15) is 34.8 Å². The van der Waals surface area contributed by atoms with E-state index in [1.54, 1.807) is 0 Å². The summed E-state index contributed by atoms with van der Waals surface area (Å²) in [6.45, 7) is 0. The molecular formula is C8H9ClF6O3S2. The van der Waals surface area contributed by atoms with Crippen LogP contribution in [0.2, 0.25) is 0 Å². The van der Waals surface area contributed by atoms with Crippen molar-refractivity contribution in [1.29, 1.82) is 0 Å². The van der Waals surface area contributed by atoms with Gasteiger partial charge >= 0.3 is 21.1 Å². The Kier molecular flexibility index (Phi) is 7.53. The molecule has 3 nitrogen and oxygen atoms in total. The average molecular weight is 367 g/mol. The Morgan fingerprint density at radius 3 is 2.10 bits per heavy atom. The number of rotatable bonds is 7. The number of alkyl halides is 7. The maximum absolute atomic E-state index is 12.1. The van der Waals surface area contributed by atoms with E-state index >= 15 is 0 Å². The highest BCUT2D eigenvalue weighted by molar-refractivity contribution is 8.03. The lowest BCUT2D eigenvalue weighted by Gasteiger charge is -2.12. The van der Waals surface area contributed by atoms with E-state index in [0.717, 1.165) is 0 Å². The molecule has 0 aromatic heterocycles. The van der Waals surface area contributed by atoms with E-state index in [1.165, 1.54) is 0 Å². The lowest BCUT2D eigenvalue weighted by molar-refractivity contribution is -0.0523. The number of hydrogen-bond acceptors (Lipinski definition) is 4. The summed E-state index contributed by atoms with van der Waals surface area (Å²) in [5.74, 6) is -0.805. The number of hydrogen-bond donors (Lipinski definition) is 0. The molecule has 0 aliphatic heterocycles. The molecule has 0 saturated carbocycles. The van der Waals surface area contributed by atoms with Crippen LogP contribution >= 0.6 is 23.4 Å². The van der Waals surface area contributed by atoms with Crippen molar-refractivity contribution in [3.05, 3.63) is 11.2 Å². The molecule has 0 N–H and O–H groups in total. The predicted molar refractivity (Wildman–Crippen MR) is 62.4 cm³/mol. The Morgan fingerprint density at radius 2 is 1.70 bits per heavy atom. The van der Waals surface area contributed by atoms with Gasteiger partial charge in [0.15, 0.2) is 0 Å². The fourth-order valence-corrected chi connectivity index (χ4v) is 2.02. The van der Waals surface area contributed by atoms with E-state index in [-0.39, 0.29) is 24.1 Å². The molecule has 0 radical (unpaired) electrons. The van der Waals surface area contributed by atoms with Gasteiger partial charge in [-0.25, -0.2) is 0 Å². The molecule has 0 rings (SSSR count). The molecule has 0 unspecified atom stereocenters. The quantitative estimate of drug-likeness (QED) is 0.168. The van der Waals surface area contributed by atoms with Crippen molar-refractivity contribution in [2.24, 2.45) is 0 Å². The van der Waals surface area contributed by atoms with Crippen molar-refractivity contribution in [2.45, 2.75) is 30.3 Å². The summed E-state index contributed by atoms with van der Waals surface area (Å²) in [6.07, 6.45) is -0.0444. The summed E-state index contributed by atoms with van der Waals surface area (Å²) in [5, 5.41) is 0.192. The predicted octanol–water partition coefficient (Wildman–Crippen LogP) is 4.36. The van der Waals surface area contributed by atoms with Crippen LogP contribution < -0.4 is 0 Å². The van der Waals surface area contributed by atoms with Crippen LogP contribution in [-0.4, -0.2) is 25.3 Å². The zero-order valence-electron chi connectivity index (χ0n) is 9.59. The molecule has 0 aromatic rings. The zero-order valence-corrected chi connectivity index (χ0v) is 12.0. The fraction of sp³-hybridized carbons (Fsp3) is 0.750. The maximum atomic E-state index is 12.1. The van der Waals surface area contributed by atoms with Gasteiger partial charge in [0.05, 0.1) is 0 Å². The van der Waals surface area contributed by atoms with Crippen LogP contribution in [0.3, 0.4) is 0 Å². The van der Waals surface area contributed by atoms with Gasteiger partial charge in [0.2, 0.25) is 0 Å². The van der Waals surface area contributed by atoms with Gasteiger partial charge in [-0.3, -0.25) is 0 Å². The van der Waals surface area contributed by atoms with Gasteiger partial charge in [-0.05, 0) is 24.6 Å². The number of thioether (sulfide) groups is 1. The van der Waals surface area contributed by atoms with Crippen molar-refractivity contribution in [3.63, 3.8) is 0 Å². The summed E-state index contributed by atoms with van der Waals surface area (Å²) in [6, 6.07) is 0. The van der Waals surface area contributed by atoms with E-state index in [0.29, 0.717) is 0 Å². The summed E-state index contributed by atoms with van der Waals surface area (Å²) in [7, 11) is -5.98. The van der Waals surface area contributed by atoms with Gasteiger partial charge in [0.1, 0.15) is 5.76 Å². The lowest BCUT2D eigenvalue weighted by Crippen LogP contribution is -2.25. The summed E-state index contributed by atoms with van der Waals surface area (Å²) in [4.78, 5) is 0. The van der Waals surface area contributed by atoms with Gasteiger partial charge in [0.25, 0.3) is 0 Å². The molecule has 0 heterocycles. The summed E-state index contributed by atoms with van der Waals surface area (Å²) in [5.41, 5.74) is -10.5. The van der Waals surface area contributed by atoms with E-state index in [2.05, 4.69) is 4.18 Å². The van der Waals surface area contributed by atoms with Gasteiger partial charge < -0.3 is 4.18 Å². The van der Waals surface area contributed by atoms with Crippen LogP contribution in [0.25, 0.3) is 0 Å². The van der Waals surface area contributed by atoms with Gasteiger partial charge in [-0.1, -0.05) is 0 Å². The van der Waals surface area contributed by atoms with Crippen LogP contribution in [0.5, 0.6) is 0 Å². The lowest BCUT2D eigenvalue weighted by atomic mass is 10.2. The molecule has 0 atom stereocenters. The monoisotopic (exact) mass is 366 g/mol. The molecule has 0 aliphatic rings. The van der Waals surface area contributed by atoms with Crippen molar-refractivity contribution in [1.82, 2.24) is 0 Å². The smallest absolute Gasteiger partial charge is 0.380 e. The normalized spacial score (nSPS) is 14.4. The van der Waals surface area contributed by atoms with Crippen LogP contribution in [0.15, 0.2) is 11.2 Å². The van der Waals surface area contributed by atoms with Crippen LogP contribution in [0, 0.1) is 0 Å². The van der Waals surface area contributed by atoms with E-state index in [1.807, 2.05) is 0 Å². The minimum atomic E-state index is -5.98. The van der Waals surface area contributed by atoms with E-state index in [4.69, 9.17) is 11.6 Å². The van der Waals surface area contributed by atoms with Crippen LogP contribution in [0.1, 0.15) is 19.3 Å². The second-order valence-corrected chi connectivity index (χ2v) is 6.13. The number of allylic oxidation sites excluding steroid dienone is 1. The SMILES string of the molecule is O=S(=O)(O/C(=C/SC(F)(F)F)CCCCCl)C(F)(F)F. The van der Waals surface area contributed by atoms with Crippen molar-refractivity contribution in [3.8, 4) is 0 Å². The van der Waals surface area contributed by atoms with Gasteiger partial charge in [-0.2, -0.15) is 34.8 Å². The summed E-state index contributed by atoms with van der Waals surface area (Å²) < 4.78 is 97.1. The third-order valence-corrected chi connectivity index (χ3v) is 3.55. The topological polar surface area (TPSA) is 43.4 Å². The number of unbranched alkanes of at least 4 members (excludes halogenated alkanes) is 1. The minimum absolute atomic E-state index is 0.0845. The van der Waals surface area contributed by atoms with Crippen LogP contribution in [-0.2, 0) is 14.3 Å². The average Bonchev–Trinajstić information content (AvgIpc) is 2.23. The van der Waals surface area contributed by atoms with Gasteiger partial charge in [0, 0.05) is 17.7 Å². The molecule has 0 saturated heterocycles. The first-order chi connectivity index (χ1) is 8.89. The molecule has 0 amide bonds. The molecule has 0 aromatic carbocycles.